The maximum atomic E-state index is 10.7. The smallest absolute Gasteiger partial charge is 0.253 e. The summed E-state index contributed by atoms with van der Waals surface area (Å²) in [5.41, 5.74) is 5.43. The molecule has 0 atom stereocenters. The fourth-order valence-electron chi connectivity index (χ4n) is 0.650. The Morgan fingerprint density at radius 1 is 1.73 bits per heavy atom. The Morgan fingerprint density at radius 3 is 2.91 bits per heavy atom. The third-order valence-corrected chi connectivity index (χ3v) is 1.85. The summed E-state index contributed by atoms with van der Waals surface area (Å²) >= 11 is 1.37. The summed E-state index contributed by atoms with van der Waals surface area (Å²) < 4.78 is 0. The lowest BCUT2D eigenvalue weighted by atomic mass is 10.3. The van der Waals surface area contributed by atoms with Crippen LogP contribution in [0.2, 0.25) is 0 Å². The molecule has 0 saturated carbocycles. The van der Waals surface area contributed by atoms with Crippen molar-refractivity contribution in [3.05, 3.63) is 18.1 Å². The van der Waals surface area contributed by atoms with Gasteiger partial charge in [-0.25, -0.2) is 9.97 Å². The summed E-state index contributed by atoms with van der Waals surface area (Å²) in [6.07, 6.45) is 4.63. The molecule has 0 aromatic carbocycles. The van der Waals surface area contributed by atoms with Gasteiger partial charge in [-0.2, -0.15) is 0 Å². The number of carbonyl (C=O) groups excluding carboxylic acids is 1. The van der Waals surface area contributed by atoms with E-state index < -0.39 is 5.91 Å². The topological polar surface area (TPSA) is 68.9 Å². The van der Waals surface area contributed by atoms with Crippen LogP contribution >= 0.6 is 11.8 Å². The Kier molecular flexibility index (Phi) is 2.43. The van der Waals surface area contributed by atoms with Crippen LogP contribution in [0.4, 0.5) is 0 Å². The van der Waals surface area contributed by atoms with Gasteiger partial charge in [0.05, 0.1) is 5.56 Å². The van der Waals surface area contributed by atoms with Crippen LogP contribution in [0.5, 0.6) is 0 Å². The number of nitrogens with zero attached hydrogens (tertiary/aromatic N) is 2. The minimum atomic E-state index is -0.491. The summed E-state index contributed by atoms with van der Waals surface area (Å²) in [5.74, 6) is -0.491. The monoisotopic (exact) mass is 169 g/mol. The van der Waals surface area contributed by atoms with Crippen molar-refractivity contribution >= 4 is 17.7 Å². The average molecular weight is 169 g/mol. The predicted molar refractivity (Wildman–Crippen MR) is 42.3 cm³/mol. The number of hydrogen-bond acceptors (Lipinski definition) is 4. The van der Waals surface area contributed by atoms with Crippen molar-refractivity contribution < 1.29 is 4.79 Å². The van der Waals surface area contributed by atoms with Gasteiger partial charge in [-0.05, 0) is 6.26 Å². The van der Waals surface area contributed by atoms with E-state index in [0.29, 0.717) is 10.6 Å². The number of aromatic nitrogens is 2. The summed E-state index contributed by atoms with van der Waals surface area (Å²) in [6.45, 7) is 0. The molecule has 0 aliphatic rings. The fraction of sp³-hybridized carbons (Fsp3) is 0.167. The largest absolute Gasteiger partial charge is 0.365 e. The number of nitrogens with two attached hydrogens (primary N) is 1. The first-order valence-corrected chi connectivity index (χ1v) is 4.12. The molecule has 0 unspecified atom stereocenters. The minimum Gasteiger partial charge on any atom is -0.365 e. The first-order valence-electron chi connectivity index (χ1n) is 2.89. The normalized spacial score (nSPS) is 9.55. The van der Waals surface area contributed by atoms with Gasteiger partial charge >= 0.3 is 0 Å². The number of rotatable bonds is 2. The van der Waals surface area contributed by atoms with Crippen LogP contribution in [-0.4, -0.2) is 22.1 Å². The molecule has 0 bridgehead atoms. The van der Waals surface area contributed by atoms with E-state index in [-0.39, 0.29) is 0 Å². The van der Waals surface area contributed by atoms with E-state index in [1.54, 1.807) is 0 Å². The molecule has 0 aliphatic heterocycles. The van der Waals surface area contributed by atoms with E-state index in [4.69, 9.17) is 5.73 Å². The van der Waals surface area contributed by atoms with E-state index in [1.165, 1.54) is 24.3 Å². The zero-order valence-electron chi connectivity index (χ0n) is 5.94. The van der Waals surface area contributed by atoms with Crippen molar-refractivity contribution in [2.24, 2.45) is 5.73 Å². The molecule has 0 fully saturated rings. The van der Waals surface area contributed by atoms with Crippen molar-refractivity contribution in [3.8, 4) is 0 Å². The molecule has 1 aromatic heterocycles. The molecule has 1 rings (SSSR count). The van der Waals surface area contributed by atoms with Gasteiger partial charge in [0.2, 0.25) is 0 Å². The van der Waals surface area contributed by atoms with Crippen molar-refractivity contribution in [3.63, 3.8) is 0 Å². The van der Waals surface area contributed by atoms with Crippen LogP contribution < -0.4 is 5.73 Å². The van der Waals surface area contributed by atoms with Gasteiger partial charge in [0, 0.05) is 6.20 Å². The molecule has 2 N–H and O–H groups in total. The van der Waals surface area contributed by atoms with Crippen LogP contribution in [0.3, 0.4) is 0 Å². The van der Waals surface area contributed by atoms with Gasteiger partial charge in [-0.15, -0.1) is 11.8 Å². The van der Waals surface area contributed by atoms with E-state index in [9.17, 15) is 4.79 Å². The molecule has 11 heavy (non-hydrogen) atoms. The Bertz CT molecular complexity index is 276. The molecule has 1 amide bonds. The van der Waals surface area contributed by atoms with E-state index in [2.05, 4.69) is 9.97 Å². The van der Waals surface area contributed by atoms with Crippen LogP contribution in [0.25, 0.3) is 0 Å². The van der Waals surface area contributed by atoms with Crippen molar-refractivity contribution in [1.82, 2.24) is 9.97 Å². The summed E-state index contributed by atoms with van der Waals surface area (Å²) in [4.78, 5) is 18.3. The lowest BCUT2D eigenvalue weighted by Crippen LogP contribution is -2.13. The first-order chi connectivity index (χ1) is 5.25. The highest BCUT2D eigenvalue weighted by molar-refractivity contribution is 7.98. The van der Waals surface area contributed by atoms with Gasteiger partial charge in [-0.3, -0.25) is 4.79 Å². The Morgan fingerprint density at radius 2 is 2.45 bits per heavy atom. The second-order valence-corrected chi connectivity index (χ2v) is 2.60. The average Bonchev–Trinajstić information content (AvgIpc) is 2.04. The second-order valence-electron chi connectivity index (χ2n) is 1.81. The second kappa shape index (κ2) is 3.34. The molecule has 0 saturated heterocycles. The molecule has 58 valence electrons. The molecule has 5 heteroatoms. The van der Waals surface area contributed by atoms with E-state index in [1.807, 2.05) is 6.26 Å². The van der Waals surface area contributed by atoms with Crippen LogP contribution in [0.15, 0.2) is 17.6 Å². The third kappa shape index (κ3) is 1.68. The highest BCUT2D eigenvalue weighted by atomic mass is 32.2. The first kappa shape index (κ1) is 8.00. The lowest BCUT2D eigenvalue weighted by molar-refractivity contribution is 0.0996. The van der Waals surface area contributed by atoms with Crippen LogP contribution in [0.1, 0.15) is 10.4 Å². The van der Waals surface area contributed by atoms with Crippen molar-refractivity contribution in [2.75, 3.05) is 6.26 Å². The number of primary amides is 1. The van der Waals surface area contributed by atoms with Crippen molar-refractivity contribution in [1.29, 1.82) is 0 Å². The third-order valence-electron chi connectivity index (χ3n) is 1.13. The summed E-state index contributed by atoms with van der Waals surface area (Å²) in [7, 11) is 0. The maximum absolute atomic E-state index is 10.7. The lowest BCUT2D eigenvalue weighted by Gasteiger charge is -1.98. The predicted octanol–water partition coefficient (Wildman–Crippen LogP) is 0.297. The van der Waals surface area contributed by atoms with Gasteiger partial charge in [-0.1, -0.05) is 0 Å². The molecule has 1 aromatic rings. The zero-order chi connectivity index (χ0) is 8.27. The van der Waals surface area contributed by atoms with E-state index >= 15 is 0 Å². The zero-order valence-corrected chi connectivity index (χ0v) is 6.76. The molecule has 0 spiro atoms. The highest BCUT2D eigenvalue weighted by Gasteiger charge is 2.06. The Labute approximate surface area is 68.2 Å². The quantitative estimate of drug-likeness (QED) is 0.510. The van der Waals surface area contributed by atoms with Gasteiger partial charge in [0.1, 0.15) is 11.4 Å². The standard InChI is InChI=1S/C6H7N3OS/c1-11-6-4(5(7)10)2-8-3-9-6/h2-3H,1H3,(H2,7,10). The number of hydrogen-bond donors (Lipinski definition) is 1. The number of carbonyl (C=O) groups is 1. The number of amides is 1. The number of thioether (sulfide) groups is 1. The SMILES string of the molecule is CSc1ncncc1C(N)=O. The van der Waals surface area contributed by atoms with E-state index in [0.717, 1.165) is 0 Å². The molecule has 0 radical (unpaired) electrons. The summed E-state index contributed by atoms with van der Waals surface area (Å²) in [5, 5.41) is 0.618. The highest BCUT2D eigenvalue weighted by Crippen LogP contribution is 2.14. The Balaban J connectivity index is 3.12. The van der Waals surface area contributed by atoms with Crippen LogP contribution in [0, 0.1) is 0 Å². The molecular formula is C6H7N3OS. The van der Waals surface area contributed by atoms with Crippen LogP contribution in [-0.2, 0) is 0 Å². The molecular weight excluding hydrogens is 162 g/mol. The van der Waals surface area contributed by atoms with Crippen molar-refractivity contribution in [2.45, 2.75) is 5.03 Å². The summed E-state index contributed by atoms with van der Waals surface area (Å²) in [6, 6.07) is 0. The van der Waals surface area contributed by atoms with Gasteiger partial charge in [0.25, 0.3) is 5.91 Å². The molecule has 4 nitrogen and oxygen atoms in total. The van der Waals surface area contributed by atoms with Gasteiger partial charge in [0.15, 0.2) is 0 Å². The fourth-order valence-corrected chi connectivity index (χ4v) is 1.18. The minimum absolute atomic E-state index is 0.375. The maximum Gasteiger partial charge on any atom is 0.253 e. The molecule has 1 heterocycles. The van der Waals surface area contributed by atoms with Gasteiger partial charge < -0.3 is 5.73 Å². The Hall–Kier alpha value is -1.10. The molecule has 0 aliphatic carbocycles.